The van der Waals surface area contributed by atoms with Gasteiger partial charge in [-0.1, -0.05) is 29.4 Å². The molecule has 0 fully saturated rings. The smallest absolute Gasteiger partial charge is 0.257 e. The lowest BCUT2D eigenvalue weighted by atomic mass is 10.1. The van der Waals surface area contributed by atoms with Crippen LogP contribution in [0.2, 0.25) is 0 Å². The van der Waals surface area contributed by atoms with E-state index in [4.69, 9.17) is 10.3 Å². The van der Waals surface area contributed by atoms with Crippen LogP contribution in [0.15, 0.2) is 53.1 Å². The Morgan fingerprint density at radius 2 is 1.86 bits per heavy atom. The first-order chi connectivity index (χ1) is 10.2. The van der Waals surface area contributed by atoms with Crippen molar-refractivity contribution in [3.05, 3.63) is 71.3 Å². The van der Waals surface area contributed by atoms with E-state index >= 15 is 0 Å². The van der Waals surface area contributed by atoms with E-state index in [2.05, 4.69) is 10.1 Å². The van der Waals surface area contributed by atoms with Gasteiger partial charge in [0.05, 0.1) is 0 Å². The molecule has 2 N–H and O–H groups in total. The van der Waals surface area contributed by atoms with Gasteiger partial charge in [0.25, 0.3) is 5.89 Å². The molecule has 1 aromatic heterocycles. The summed E-state index contributed by atoms with van der Waals surface area (Å²) in [6.07, 6.45) is 0.433. The number of nitrogens with two attached hydrogens (primary N) is 1. The molecule has 0 aliphatic heterocycles. The van der Waals surface area contributed by atoms with Crippen LogP contribution in [0, 0.1) is 5.82 Å². The SMILES string of the molecule is NCc1ccc(-c2nc(Cc3cccc(F)c3)no2)cc1. The molecule has 0 aliphatic rings. The van der Waals surface area contributed by atoms with E-state index in [0.29, 0.717) is 24.7 Å². The van der Waals surface area contributed by atoms with Gasteiger partial charge in [0.1, 0.15) is 5.82 Å². The maximum atomic E-state index is 13.1. The lowest BCUT2D eigenvalue weighted by Gasteiger charge is -1.97. The van der Waals surface area contributed by atoms with E-state index in [-0.39, 0.29) is 5.82 Å². The standard InChI is InChI=1S/C16H14FN3O/c17-14-3-1-2-12(8-14)9-15-19-16(21-20-15)13-6-4-11(10-18)5-7-13/h1-8H,9-10,18H2. The fraction of sp³-hybridized carbons (Fsp3) is 0.125. The van der Waals surface area contributed by atoms with Crippen LogP contribution in [-0.4, -0.2) is 10.1 Å². The van der Waals surface area contributed by atoms with Gasteiger partial charge in [-0.3, -0.25) is 0 Å². The van der Waals surface area contributed by atoms with Gasteiger partial charge in [0, 0.05) is 18.5 Å². The summed E-state index contributed by atoms with van der Waals surface area (Å²) in [5, 5.41) is 3.93. The normalized spacial score (nSPS) is 10.8. The zero-order valence-electron chi connectivity index (χ0n) is 11.3. The number of aromatic nitrogens is 2. The lowest BCUT2D eigenvalue weighted by molar-refractivity contribution is 0.424. The highest BCUT2D eigenvalue weighted by molar-refractivity contribution is 5.53. The molecule has 0 saturated heterocycles. The van der Waals surface area contributed by atoms with Crippen molar-refractivity contribution in [2.75, 3.05) is 0 Å². The van der Waals surface area contributed by atoms with Crippen LogP contribution in [0.4, 0.5) is 4.39 Å². The first-order valence-corrected chi connectivity index (χ1v) is 6.61. The van der Waals surface area contributed by atoms with E-state index in [0.717, 1.165) is 16.7 Å². The number of nitrogens with zero attached hydrogens (tertiary/aromatic N) is 2. The zero-order valence-corrected chi connectivity index (χ0v) is 11.3. The molecule has 3 rings (SSSR count). The molecule has 21 heavy (non-hydrogen) atoms. The van der Waals surface area contributed by atoms with Gasteiger partial charge >= 0.3 is 0 Å². The van der Waals surface area contributed by atoms with E-state index in [1.165, 1.54) is 12.1 Å². The summed E-state index contributed by atoms with van der Waals surface area (Å²) < 4.78 is 18.4. The number of rotatable bonds is 4. The summed E-state index contributed by atoms with van der Waals surface area (Å²) in [5.41, 5.74) is 8.24. The Bertz CT molecular complexity index is 737. The van der Waals surface area contributed by atoms with Crippen LogP contribution < -0.4 is 5.73 Å². The minimum absolute atomic E-state index is 0.270. The molecule has 0 unspecified atom stereocenters. The van der Waals surface area contributed by atoms with E-state index in [1.807, 2.05) is 30.3 Å². The second kappa shape index (κ2) is 5.85. The Morgan fingerprint density at radius 3 is 2.57 bits per heavy atom. The van der Waals surface area contributed by atoms with Crippen LogP contribution in [0.25, 0.3) is 11.5 Å². The van der Waals surface area contributed by atoms with Crippen molar-refractivity contribution < 1.29 is 8.91 Å². The molecule has 4 nitrogen and oxygen atoms in total. The van der Waals surface area contributed by atoms with Crippen molar-refractivity contribution in [3.8, 4) is 11.5 Å². The maximum Gasteiger partial charge on any atom is 0.257 e. The van der Waals surface area contributed by atoms with Gasteiger partial charge < -0.3 is 10.3 Å². The first kappa shape index (κ1) is 13.5. The molecule has 0 spiro atoms. The second-order valence-corrected chi connectivity index (χ2v) is 4.72. The Morgan fingerprint density at radius 1 is 1.05 bits per heavy atom. The molecule has 0 aliphatic carbocycles. The van der Waals surface area contributed by atoms with Crippen molar-refractivity contribution in [3.63, 3.8) is 0 Å². The molecule has 0 atom stereocenters. The molecular weight excluding hydrogens is 269 g/mol. The van der Waals surface area contributed by atoms with Crippen molar-refractivity contribution in [2.24, 2.45) is 5.73 Å². The first-order valence-electron chi connectivity index (χ1n) is 6.61. The zero-order chi connectivity index (χ0) is 14.7. The van der Waals surface area contributed by atoms with Crippen molar-refractivity contribution >= 4 is 0 Å². The quantitative estimate of drug-likeness (QED) is 0.799. The average molecular weight is 283 g/mol. The molecule has 2 aromatic carbocycles. The highest BCUT2D eigenvalue weighted by atomic mass is 19.1. The maximum absolute atomic E-state index is 13.1. The van der Waals surface area contributed by atoms with E-state index in [1.54, 1.807) is 6.07 Å². The minimum Gasteiger partial charge on any atom is -0.334 e. The second-order valence-electron chi connectivity index (χ2n) is 4.72. The summed E-state index contributed by atoms with van der Waals surface area (Å²) in [5.74, 6) is 0.706. The van der Waals surface area contributed by atoms with Crippen LogP contribution in [0.1, 0.15) is 17.0 Å². The van der Waals surface area contributed by atoms with Gasteiger partial charge in [0.2, 0.25) is 0 Å². The Kier molecular flexibility index (Phi) is 3.75. The van der Waals surface area contributed by atoms with Crippen molar-refractivity contribution in [2.45, 2.75) is 13.0 Å². The lowest BCUT2D eigenvalue weighted by Crippen LogP contribution is -1.95. The summed E-state index contributed by atoms with van der Waals surface area (Å²) in [6.45, 7) is 0.495. The van der Waals surface area contributed by atoms with Gasteiger partial charge in [0.15, 0.2) is 5.82 Å². The van der Waals surface area contributed by atoms with Gasteiger partial charge in [-0.15, -0.1) is 0 Å². The molecule has 3 aromatic rings. The third-order valence-electron chi connectivity index (χ3n) is 3.16. The number of halogens is 1. The third-order valence-corrected chi connectivity index (χ3v) is 3.16. The van der Waals surface area contributed by atoms with Gasteiger partial charge in [-0.25, -0.2) is 4.39 Å². The summed E-state index contributed by atoms with van der Waals surface area (Å²) in [4.78, 5) is 4.33. The van der Waals surface area contributed by atoms with Crippen LogP contribution in [0.5, 0.6) is 0 Å². The Labute approximate surface area is 121 Å². The summed E-state index contributed by atoms with van der Waals surface area (Å²) in [7, 11) is 0. The van der Waals surface area contributed by atoms with E-state index in [9.17, 15) is 4.39 Å². The molecule has 1 heterocycles. The number of hydrogen-bond donors (Lipinski definition) is 1. The summed E-state index contributed by atoms with van der Waals surface area (Å²) in [6, 6.07) is 14.0. The topological polar surface area (TPSA) is 64.9 Å². The van der Waals surface area contributed by atoms with Crippen LogP contribution >= 0.6 is 0 Å². The Hall–Kier alpha value is -2.53. The fourth-order valence-electron chi connectivity index (χ4n) is 2.06. The minimum atomic E-state index is -0.270. The van der Waals surface area contributed by atoms with Crippen LogP contribution in [0.3, 0.4) is 0 Å². The van der Waals surface area contributed by atoms with Crippen LogP contribution in [-0.2, 0) is 13.0 Å². The van der Waals surface area contributed by atoms with Gasteiger partial charge in [-0.05, 0) is 35.4 Å². The number of hydrogen-bond acceptors (Lipinski definition) is 4. The molecular formula is C16H14FN3O. The molecule has 0 radical (unpaired) electrons. The van der Waals surface area contributed by atoms with Crippen molar-refractivity contribution in [1.29, 1.82) is 0 Å². The number of benzene rings is 2. The fourth-order valence-corrected chi connectivity index (χ4v) is 2.06. The van der Waals surface area contributed by atoms with E-state index < -0.39 is 0 Å². The third kappa shape index (κ3) is 3.14. The predicted molar refractivity (Wildman–Crippen MR) is 76.8 cm³/mol. The van der Waals surface area contributed by atoms with Gasteiger partial charge in [-0.2, -0.15) is 4.98 Å². The highest BCUT2D eigenvalue weighted by Crippen LogP contribution is 2.18. The average Bonchev–Trinajstić information content (AvgIpc) is 2.96. The Balaban J connectivity index is 1.79. The molecule has 106 valence electrons. The molecule has 0 saturated carbocycles. The summed E-state index contributed by atoms with van der Waals surface area (Å²) >= 11 is 0. The highest BCUT2D eigenvalue weighted by Gasteiger charge is 2.09. The van der Waals surface area contributed by atoms with Crippen molar-refractivity contribution in [1.82, 2.24) is 10.1 Å². The largest absolute Gasteiger partial charge is 0.334 e. The molecule has 0 bridgehead atoms. The molecule has 0 amide bonds. The predicted octanol–water partition coefficient (Wildman–Crippen LogP) is 2.93. The molecule has 5 heteroatoms. The monoisotopic (exact) mass is 283 g/mol.